The van der Waals surface area contributed by atoms with Crippen LogP contribution in [0.4, 0.5) is 0 Å². The summed E-state index contributed by atoms with van der Waals surface area (Å²) in [5.41, 5.74) is 9.00. The van der Waals surface area contributed by atoms with Crippen LogP contribution in [-0.4, -0.2) is 5.11 Å². The molecule has 0 unspecified atom stereocenters. The van der Waals surface area contributed by atoms with Crippen molar-refractivity contribution in [2.24, 2.45) is 5.73 Å². The van der Waals surface area contributed by atoms with E-state index in [4.69, 9.17) is 5.73 Å². The van der Waals surface area contributed by atoms with Crippen LogP contribution in [0.2, 0.25) is 0 Å². The van der Waals surface area contributed by atoms with Crippen LogP contribution in [-0.2, 0) is 18.4 Å². The molecule has 0 aliphatic carbocycles. The summed E-state index contributed by atoms with van der Waals surface area (Å²) in [6.07, 6.45) is 4.47. The topological polar surface area (TPSA) is 46.2 Å². The third-order valence-corrected chi connectivity index (χ3v) is 3.40. The van der Waals surface area contributed by atoms with Crippen molar-refractivity contribution in [3.05, 3.63) is 28.8 Å². The van der Waals surface area contributed by atoms with Gasteiger partial charge in [0.05, 0.1) is 0 Å². The zero-order valence-corrected chi connectivity index (χ0v) is 13.4. The summed E-state index contributed by atoms with van der Waals surface area (Å²) in [6.45, 7) is 9.16. The molecule has 0 bridgehead atoms. The Morgan fingerprint density at radius 1 is 1.11 bits per heavy atom. The maximum absolute atomic E-state index is 10.2. The summed E-state index contributed by atoms with van der Waals surface area (Å²) in [7, 11) is 0. The number of nitrogens with two attached hydrogens (primary N) is 1. The number of phenolic OH excluding ortho intramolecular Hbond substituents is 1. The molecule has 0 amide bonds. The Labute approximate surface area is 123 Å². The highest BCUT2D eigenvalue weighted by Gasteiger charge is 2.17. The Hall–Kier alpha value is -0.730. The van der Waals surface area contributed by atoms with Gasteiger partial charge in [-0.3, -0.25) is 0 Å². The van der Waals surface area contributed by atoms with Crippen molar-refractivity contribution >= 4 is 12.4 Å². The van der Waals surface area contributed by atoms with Gasteiger partial charge in [-0.25, -0.2) is 0 Å². The van der Waals surface area contributed by atoms with Crippen LogP contribution in [0, 0.1) is 0 Å². The molecule has 0 saturated heterocycles. The first kappa shape index (κ1) is 18.3. The molecule has 0 aromatic heterocycles. The van der Waals surface area contributed by atoms with Gasteiger partial charge < -0.3 is 10.8 Å². The van der Waals surface area contributed by atoms with Gasteiger partial charge in [0, 0.05) is 12.1 Å². The van der Waals surface area contributed by atoms with Gasteiger partial charge in [0.25, 0.3) is 0 Å². The van der Waals surface area contributed by atoms with E-state index >= 15 is 0 Å². The van der Waals surface area contributed by atoms with Gasteiger partial charge in [-0.15, -0.1) is 12.4 Å². The molecule has 0 spiro atoms. The van der Waals surface area contributed by atoms with Gasteiger partial charge in [-0.2, -0.15) is 0 Å². The van der Waals surface area contributed by atoms with Gasteiger partial charge in [-0.05, 0) is 29.4 Å². The predicted octanol–water partition coefficient (Wildman–Crippen LogP) is 4.30. The Balaban J connectivity index is 0.00000324. The third-order valence-electron chi connectivity index (χ3n) is 3.40. The zero-order chi connectivity index (χ0) is 13.8. The van der Waals surface area contributed by atoms with Crippen LogP contribution in [0.1, 0.15) is 63.6 Å². The van der Waals surface area contributed by atoms with E-state index < -0.39 is 0 Å². The number of rotatable bonds is 5. The summed E-state index contributed by atoms with van der Waals surface area (Å²) < 4.78 is 0. The van der Waals surface area contributed by atoms with Crippen LogP contribution < -0.4 is 5.73 Å². The molecule has 1 aromatic carbocycles. The lowest BCUT2D eigenvalue weighted by Crippen LogP contribution is -2.13. The maximum Gasteiger partial charge on any atom is 0.123 e. The van der Waals surface area contributed by atoms with Crippen LogP contribution in [0.15, 0.2) is 12.1 Å². The maximum atomic E-state index is 10.2. The van der Waals surface area contributed by atoms with Crippen LogP contribution in [0.5, 0.6) is 5.75 Å². The Morgan fingerprint density at radius 3 is 2.16 bits per heavy atom. The molecule has 1 rings (SSSR count). The van der Waals surface area contributed by atoms with Gasteiger partial charge in [0.2, 0.25) is 0 Å². The number of benzene rings is 1. The molecule has 3 N–H and O–H groups in total. The minimum absolute atomic E-state index is 0. The van der Waals surface area contributed by atoms with E-state index in [0.717, 1.165) is 24.0 Å². The van der Waals surface area contributed by atoms with E-state index in [1.54, 1.807) is 0 Å². The molecular weight excluding hydrogens is 258 g/mol. The van der Waals surface area contributed by atoms with Gasteiger partial charge >= 0.3 is 0 Å². The number of hydrogen-bond acceptors (Lipinski definition) is 2. The fourth-order valence-electron chi connectivity index (χ4n) is 2.10. The molecule has 3 heteroatoms. The van der Waals surface area contributed by atoms with E-state index in [9.17, 15) is 5.11 Å². The Bertz CT molecular complexity index is 396. The van der Waals surface area contributed by atoms with Crippen molar-refractivity contribution in [3.8, 4) is 5.75 Å². The Kier molecular flexibility index (Phi) is 7.46. The molecular formula is C16H28ClNO. The van der Waals surface area contributed by atoms with Crippen molar-refractivity contribution in [2.45, 2.75) is 65.3 Å². The second-order valence-corrected chi connectivity index (χ2v) is 6.05. The lowest BCUT2D eigenvalue weighted by Gasteiger charge is -2.22. The molecule has 0 fully saturated rings. The highest BCUT2D eigenvalue weighted by molar-refractivity contribution is 5.85. The van der Waals surface area contributed by atoms with Crippen molar-refractivity contribution in [1.82, 2.24) is 0 Å². The molecule has 0 heterocycles. The number of phenols is 1. The highest BCUT2D eigenvalue weighted by atomic mass is 35.5. The number of unbranched alkanes of at least 4 members (excludes halogenated alkanes) is 2. The first-order valence-corrected chi connectivity index (χ1v) is 6.95. The zero-order valence-electron chi connectivity index (χ0n) is 12.6. The lowest BCUT2D eigenvalue weighted by atomic mass is 9.84. The second kappa shape index (κ2) is 7.76. The molecule has 1 aromatic rings. The largest absolute Gasteiger partial charge is 0.507 e. The van der Waals surface area contributed by atoms with E-state index in [1.807, 2.05) is 6.07 Å². The molecule has 0 aliphatic heterocycles. The number of aryl methyl sites for hydroxylation is 1. The monoisotopic (exact) mass is 285 g/mol. The average Bonchev–Trinajstić information content (AvgIpc) is 2.30. The molecule has 0 aliphatic rings. The van der Waals surface area contributed by atoms with E-state index in [2.05, 4.69) is 33.8 Å². The molecule has 110 valence electrons. The third kappa shape index (κ3) is 5.04. The second-order valence-electron chi connectivity index (χ2n) is 6.05. The smallest absolute Gasteiger partial charge is 0.123 e. The standard InChI is InChI=1S/C16H27NO.ClH/c1-5-6-7-8-12-9-14(16(2,3)4)10-13(11-17)15(12)18;/h9-10,18H,5-8,11,17H2,1-4H3;1H. The van der Waals surface area contributed by atoms with E-state index in [-0.39, 0.29) is 17.8 Å². The fraction of sp³-hybridized carbons (Fsp3) is 0.625. The molecule has 0 saturated carbocycles. The summed E-state index contributed by atoms with van der Waals surface area (Å²) in [4.78, 5) is 0. The van der Waals surface area contributed by atoms with Crippen molar-refractivity contribution in [1.29, 1.82) is 0 Å². The van der Waals surface area contributed by atoms with E-state index in [0.29, 0.717) is 12.3 Å². The van der Waals surface area contributed by atoms with Crippen molar-refractivity contribution in [2.75, 3.05) is 0 Å². The summed E-state index contributed by atoms with van der Waals surface area (Å²) >= 11 is 0. The van der Waals surface area contributed by atoms with Crippen molar-refractivity contribution < 1.29 is 5.11 Å². The molecule has 0 atom stereocenters. The molecule has 19 heavy (non-hydrogen) atoms. The first-order valence-electron chi connectivity index (χ1n) is 6.95. The summed E-state index contributed by atoms with van der Waals surface area (Å²) in [5, 5.41) is 10.2. The van der Waals surface area contributed by atoms with Crippen LogP contribution in [0.3, 0.4) is 0 Å². The molecule has 2 nitrogen and oxygen atoms in total. The van der Waals surface area contributed by atoms with Gasteiger partial charge in [-0.1, -0.05) is 52.7 Å². The molecule has 0 radical (unpaired) electrons. The minimum atomic E-state index is 0. The average molecular weight is 286 g/mol. The van der Waals surface area contributed by atoms with Gasteiger partial charge in [0.1, 0.15) is 5.75 Å². The summed E-state index contributed by atoms with van der Waals surface area (Å²) in [5.74, 6) is 0.404. The van der Waals surface area contributed by atoms with Crippen LogP contribution >= 0.6 is 12.4 Å². The lowest BCUT2D eigenvalue weighted by molar-refractivity contribution is 0.457. The SMILES string of the molecule is CCCCCc1cc(C(C)(C)C)cc(CN)c1O.Cl. The van der Waals surface area contributed by atoms with E-state index in [1.165, 1.54) is 18.4 Å². The quantitative estimate of drug-likeness (QED) is 0.792. The minimum Gasteiger partial charge on any atom is -0.507 e. The number of aromatic hydroxyl groups is 1. The predicted molar refractivity (Wildman–Crippen MR) is 85.2 cm³/mol. The Morgan fingerprint density at radius 2 is 1.68 bits per heavy atom. The first-order chi connectivity index (χ1) is 8.40. The van der Waals surface area contributed by atoms with Crippen molar-refractivity contribution in [3.63, 3.8) is 0 Å². The van der Waals surface area contributed by atoms with Crippen LogP contribution in [0.25, 0.3) is 0 Å². The number of halogens is 1. The fourth-order valence-corrected chi connectivity index (χ4v) is 2.10. The normalized spacial score (nSPS) is 11.2. The highest BCUT2D eigenvalue weighted by Crippen LogP contribution is 2.31. The number of hydrogen-bond donors (Lipinski definition) is 2. The summed E-state index contributed by atoms with van der Waals surface area (Å²) in [6, 6.07) is 4.18. The van der Waals surface area contributed by atoms with Gasteiger partial charge in [0.15, 0.2) is 0 Å².